The van der Waals surface area contributed by atoms with Crippen LogP contribution >= 0.6 is 0 Å². The number of anilines is 1. The maximum Gasteiger partial charge on any atom is 0.253 e. The van der Waals surface area contributed by atoms with Crippen LogP contribution in [0.4, 0.5) is 5.69 Å². The van der Waals surface area contributed by atoms with Gasteiger partial charge in [-0.3, -0.25) is 9.10 Å². The zero-order valence-corrected chi connectivity index (χ0v) is 17.4. The normalized spacial score (nSPS) is 15.6. The Hall–Kier alpha value is -2.80. The second-order valence-electron chi connectivity index (χ2n) is 7.05. The van der Waals surface area contributed by atoms with Gasteiger partial charge in [0.05, 0.1) is 11.4 Å². The minimum absolute atomic E-state index is 0.150. The van der Waals surface area contributed by atoms with Crippen molar-refractivity contribution in [1.82, 2.24) is 4.90 Å². The molecule has 0 radical (unpaired) electrons. The van der Waals surface area contributed by atoms with Crippen molar-refractivity contribution in [2.45, 2.75) is 19.4 Å². The molecule has 1 amide bonds. The number of hydrogen-bond donors (Lipinski definition) is 0. The lowest BCUT2D eigenvalue weighted by atomic mass is 10.1. The third-order valence-electron chi connectivity index (χ3n) is 4.79. The number of rotatable bonds is 7. The molecule has 154 valence electrons. The minimum atomic E-state index is -3.31. The highest BCUT2D eigenvalue weighted by atomic mass is 32.2. The monoisotopic (exact) mass is 414 g/mol. The lowest BCUT2D eigenvalue weighted by molar-refractivity contribution is 0.0785. The van der Waals surface area contributed by atoms with Gasteiger partial charge in [0.15, 0.2) is 0 Å². The first kappa shape index (κ1) is 20.9. The Labute approximate surface area is 172 Å². The van der Waals surface area contributed by atoms with E-state index >= 15 is 0 Å². The Morgan fingerprint density at radius 3 is 2.66 bits per heavy atom. The van der Waals surface area contributed by atoms with Gasteiger partial charge in [0.25, 0.3) is 5.91 Å². The van der Waals surface area contributed by atoms with Crippen molar-refractivity contribution in [2.24, 2.45) is 0 Å². The first-order valence-electron chi connectivity index (χ1n) is 9.59. The van der Waals surface area contributed by atoms with Gasteiger partial charge < -0.3 is 9.64 Å². The third-order valence-corrected chi connectivity index (χ3v) is 6.66. The van der Waals surface area contributed by atoms with Crippen molar-refractivity contribution in [3.63, 3.8) is 0 Å². The predicted octanol–water partition coefficient (Wildman–Crippen LogP) is 3.45. The number of ether oxygens (including phenoxy) is 1. The van der Waals surface area contributed by atoms with E-state index in [0.717, 1.165) is 17.7 Å². The molecule has 2 aromatic rings. The molecule has 0 aromatic heterocycles. The Kier molecular flexibility index (Phi) is 6.59. The Morgan fingerprint density at radius 1 is 1.21 bits per heavy atom. The fourth-order valence-corrected chi connectivity index (χ4v) is 4.92. The van der Waals surface area contributed by atoms with Crippen LogP contribution in [0.2, 0.25) is 0 Å². The topological polar surface area (TPSA) is 66.9 Å². The SMILES string of the molecule is C=CCOc1ccc(CN(C)C(=O)c2cccc(N3CCCCS3(=O)=O)c2)cc1. The quantitative estimate of drug-likeness (QED) is 0.651. The zero-order chi connectivity index (χ0) is 20.9. The zero-order valence-electron chi connectivity index (χ0n) is 16.6. The number of nitrogens with zero attached hydrogens (tertiary/aromatic N) is 2. The Balaban J connectivity index is 1.70. The Morgan fingerprint density at radius 2 is 1.97 bits per heavy atom. The van der Waals surface area contributed by atoms with Crippen LogP contribution in [0.5, 0.6) is 5.75 Å². The summed E-state index contributed by atoms with van der Waals surface area (Å²) in [6.45, 7) is 4.96. The molecule has 1 heterocycles. The molecule has 1 aliphatic rings. The third kappa shape index (κ3) is 5.17. The van der Waals surface area contributed by atoms with Crippen LogP contribution in [0.25, 0.3) is 0 Å². The smallest absolute Gasteiger partial charge is 0.253 e. The van der Waals surface area contributed by atoms with E-state index in [9.17, 15) is 13.2 Å². The maximum absolute atomic E-state index is 12.9. The molecule has 0 unspecified atom stereocenters. The van der Waals surface area contributed by atoms with Gasteiger partial charge in [0, 0.05) is 25.7 Å². The van der Waals surface area contributed by atoms with Gasteiger partial charge in [-0.2, -0.15) is 0 Å². The van der Waals surface area contributed by atoms with Crippen molar-refractivity contribution in [2.75, 3.05) is 30.3 Å². The van der Waals surface area contributed by atoms with Gasteiger partial charge in [-0.05, 0) is 48.7 Å². The average Bonchev–Trinajstić information content (AvgIpc) is 2.72. The maximum atomic E-state index is 12.9. The van der Waals surface area contributed by atoms with Crippen LogP contribution in [0.15, 0.2) is 61.2 Å². The van der Waals surface area contributed by atoms with Gasteiger partial charge in [0.2, 0.25) is 10.0 Å². The minimum Gasteiger partial charge on any atom is -0.490 e. The molecule has 0 aliphatic carbocycles. The van der Waals surface area contributed by atoms with E-state index in [1.54, 1.807) is 42.3 Å². The van der Waals surface area contributed by atoms with Crippen LogP contribution in [0.1, 0.15) is 28.8 Å². The highest BCUT2D eigenvalue weighted by Gasteiger charge is 2.26. The van der Waals surface area contributed by atoms with E-state index in [2.05, 4.69) is 6.58 Å². The molecule has 29 heavy (non-hydrogen) atoms. The first-order valence-corrected chi connectivity index (χ1v) is 11.2. The van der Waals surface area contributed by atoms with Crippen LogP contribution in [0, 0.1) is 0 Å². The summed E-state index contributed by atoms with van der Waals surface area (Å²) in [6.07, 6.45) is 3.19. The second kappa shape index (κ2) is 9.13. The predicted molar refractivity (Wildman–Crippen MR) is 115 cm³/mol. The molecule has 7 heteroatoms. The van der Waals surface area contributed by atoms with Crippen molar-refractivity contribution in [1.29, 1.82) is 0 Å². The summed E-state index contributed by atoms with van der Waals surface area (Å²) in [7, 11) is -1.58. The summed E-state index contributed by atoms with van der Waals surface area (Å²) in [5.74, 6) is 0.740. The molecule has 0 bridgehead atoms. The average molecular weight is 415 g/mol. The van der Waals surface area contributed by atoms with Crippen molar-refractivity contribution in [3.05, 3.63) is 72.3 Å². The van der Waals surface area contributed by atoms with Gasteiger partial charge >= 0.3 is 0 Å². The van der Waals surface area contributed by atoms with Gasteiger partial charge in [0.1, 0.15) is 12.4 Å². The number of sulfonamides is 1. The van der Waals surface area contributed by atoms with E-state index in [-0.39, 0.29) is 11.7 Å². The first-order chi connectivity index (χ1) is 13.9. The summed E-state index contributed by atoms with van der Waals surface area (Å²) in [5.41, 5.74) is 1.99. The molecule has 1 fully saturated rings. The lowest BCUT2D eigenvalue weighted by Gasteiger charge is -2.28. The highest BCUT2D eigenvalue weighted by molar-refractivity contribution is 7.92. The van der Waals surface area contributed by atoms with Crippen LogP contribution in [-0.4, -0.2) is 45.2 Å². The van der Waals surface area contributed by atoms with Crippen molar-refractivity contribution < 1.29 is 17.9 Å². The summed E-state index contributed by atoms with van der Waals surface area (Å²) in [5, 5.41) is 0. The van der Waals surface area contributed by atoms with Crippen molar-refractivity contribution >= 4 is 21.6 Å². The number of carbonyl (C=O) groups is 1. The van der Waals surface area contributed by atoms with Gasteiger partial charge in [-0.1, -0.05) is 30.9 Å². The molecule has 3 rings (SSSR count). The van der Waals surface area contributed by atoms with E-state index in [1.165, 1.54) is 4.31 Å². The number of amides is 1. The summed E-state index contributed by atoms with van der Waals surface area (Å²) in [6, 6.07) is 14.4. The van der Waals surface area contributed by atoms with E-state index in [0.29, 0.717) is 37.4 Å². The Bertz CT molecular complexity index is 971. The summed E-state index contributed by atoms with van der Waals surface area (Å²) >= 11 is 0. The van der Waals surface area contributed by atoms with Crippen molar-refractivity contribution in [3.8, 4) is 5.75 Å². The number of hydrogen-bond acceptors (Lipinski definition) is 4. The molecular formula is C22H26N2O4S. The largest absolute Gasteiger partial charge is 0.490 e. The molecule has 0 atom stereocenters. The van der Waals surface area contributed by atoms with Gasteiger partial charge in [-0.15, -0.1) is 0 Å². The molecule has 2 aromatic carbocycles. The summed E-state index contributed by atoms with van der Waals surface area (Å²) < 4.78 is 31.6. The molecule has 0 spiro atoms. The number of carbonyl (C=O) groups excluding carboxylic acids is 1. The summed E-state index contributed by atoms with van der Waals surface area (Å²) in [4.78, 5) is 14.5. The standard InChI is InChI=1S/C22H26N2O4S/c1-3-14-28-21-11-9-18(10-12-21)17-23(2)22(25)19-7-6-8-20(16-19)24-13-4-5-15-29(24,26)27/h3,6-12,16H,1,4-5,13-15,17H2,2H3. The van der Waals surface area contributed by atoms with E-state index in [4.69, 9.17) is 4.74 Å². The molecule has 6 nitrogen and oxygen atoms in total. The fourth-order valence-electron chi connectivity index (χ4n) is 3.29. The lowest BCUT2D eigenvalue weighted by Crippen LogP contribution is -2.38. The van der Waals surface area contributed by atoms with Crippen LogP contribution < -0.4 is 9.04 Å². The second-order valence-corrected chi connectivity index (χ2v) is 9.06. The molecule has 1 saturated heterocycles. The van der Waals surface area contributed by atoms with Gasteiger partial charge in [-0.25, -0.2) is 8.42 Å². The number of benzene rings is 2. The highest BCUT2D eigenvalue weighted by Crippen LogP contribution is 2.25. The van der Waals surface area contributed by atoms with E-state index in [1.807, 2.05) is 24.3 Å². The molecule has 0 saturated carbocycles. The molecular weight excluding hydrogens is 388 g/mol. The fraction of sp³-hybridized carbons (Fsp3) is 0.318. The van der Waals surface area contributed by atoms with E-state index < -0.39 is 10.0 Å². The molecule has 0 N–H and O–H groups in total. The van der Waals surface area contributed by atoms with Crippen LogP contribution in [0.3, 0.4) is 0 Å². The molecule has 1 aliphatic heterocycles. The van der Waals surface area contributed by atoms with Crippen LogP contribution in [-0.2, 0) is 16.6 Å².